The van der Waals surface area contributed by atoms with Crippen LogP contribution in [0.2, 0.25) is 0 Å². The van der Waals surface area contributed by atoms with Crippen LogP contribution in [0.5, 0.6) is 0 Å². The molecule has 2 aliphatic heterocycles. The summed E-state index contributed by atoms with van der Waals surface area (Å²) in [5, 5.41) is 0. The van der Waals surface area contributed by atoms with Crippen LogP contribution >= 0.6 is 0 Å². The van der Waals surface area contributed by atoms with Crippen LogP contribution in [0.1, 0.15) is 78.5 Å². The maximum absolute atomic E-state index is 2.50. The molecular weight excluding hydrogens is 857 g/mol. The van der Waals surface area contributed by atoms with Gasteiger partial charge >= 0.3 is 0 Å². The number of anilines is 5. The van der Waals surface area contributed by atoms with Crippen LogP contribution in [-0.2, 0) is 5.41 Å². The summed E-state index contributed by atoms with van der Waals surface area (Å²) in [5.41, 5.74) is 27.9. The molecule has 71 heavy (non-hydrogen) atoms. The number of allylic oxidation sites excluding steroid dienone is 4. The van der Waals surface area contributed by atoms with Crippen LogP contribution < -0.4 is 9.80 Å². The molecule has 13 rings (SSSR count). The van der Waals surface area contributed by atoms with Gasteiger partial charge in [0.1, 0.15) is 0 Å². The maximum atomic E-state index is 2.50. The summed E-state index contributed by atoms with van der Waals surface area (Å²) in [7, 11) is 0. The Balaban J connectivity index is 0.760. The Morgan fingerprint density at radius 2 is 0.761 bits per heavy atom. The zero-order valence-electron chi connectivity index (χ0n) is 40.3. The van der Waals surface area contributed by atoms with Crippen molar-refractivity contribution in [2.45, 2.75) is 44.9 Å². The third kappa shape index (κ3) is 7.08. The van der Waals surface area contributed by atoms with Crippen LogP contribution in [0.3, 0.4) is 0 Å². The first-order valence-corrected chi connectivity index (χ1v) is 25.4. The number of hydrogen-bond acceptors (Lipinski definition) is 2. The van der Waals surface area contributed by atoms with Gasteiger partial charge in [-0.25, -0.2) is 0 Å². The van der Waals surface area contributed by atoms with Crippen molar-refractivity contribution in [3.8, 4) is 44.5 Å². The van der Waals surface area contributed by atoms with Gasteiger partial charge in [0.05, 0.1) is 17.1 Å². The van der Waals surface area contributed by atoms with Crippen LogP contribution in [0.25, 0.3) is 74.4 Å². The second-order valence-corrected chi connectivity index (χ2v) is 19.4. The number of benzene rings is 9. The Labute approximate surface area is 418 Å². The van der Waals surface area contributed by atoms with Gasteiger partial charge in [-0.1, -0.05) is 214 Å². The molecule has 0 saturated carbocycles. The molecule has 0 aromatic heterocycles. The quantitative estimate of drug-likeness (QED) is 0.140. The summed E-state index contributed by atoms with van der Waals surface area (Å²) in [5.74, 6) is 0. The van der Waals surface area contributed by atoms with E-state index in [2.05, 4.69) is 266 Å². The largest absolute Gasteiger partial charge is 0.313 e. The molecule has 0 fully saturated rings. The maximum Gasteiger partial charge on any atom is 0.0540 e. The zero-order chi connectivity index (χ0) is 47.5. The first-order valence-electron chi connectivity index (χ1n) is 25.4. The van der Waals surface area contributed by atoms with Crippen molar-refractivity contribution in [1.82, 2.24) is 0 Å². The minimum absolute atomic E-state index is 0.0496. The molecule has 0 radical (unpaired) electrons. The fourth-order valence-corrected chi connectivity index (χ4v) is 12.2. The van der Waals surface area contributed by atoms with Gasteiger partial charge in [0.25, 0.3) is 0 Å². The standard InChI is InChI=1S/C69H54N2/c1-3-69(4-2)63-45-49(31-29-47-33-39-51(40-34-47)70-65-25-13-9-21-59(65)53-17-5-6-18-54(53)60-22-10-14-26-66(60)70)37-43-57(63)58-44-38-50(46-64(58)69)32-30-48-35-41-52(42-36-48)71-67-27-15-11-23-61(67)55-19-7-8-20-56(55)62-24-12-16-28-68(62)71/h5-15,17-27,29-46H,3-4,16,28H2,1-2H3/b31-29+,32-30+. The lowest BCUT2D eigenvalue weighted by atomic mass is 9.73. The Hall–Kier alpha value is -8.46. The monoisotopic (exact) mass is 910 g/mol. The average molecular weight is 911 g/mol. The van der Waals surface area contributed by atoms with Gasteiger partial charge < -0.3 is 9.80 Å². The van der Waals surface area contributed by atoms with E-state index in [1.807, 2.05) is 0 Å². The Kier molecular flexibility index (Phi) is 10.5. The van der Waals surface area contributed by atoms with Crippen molar-refractivity contribution >= 4 is 58.3 Å². The third-order valence-electron chi connectivity index (χ3n) is 15.7. The van der Waals surface area contributed by atoms with Crippen LogP contribution in [0, 0.1) is 0 Å². The van der Waals surface area contributed by atoms with Crippen molar-refractivity contribution in [3.63, 3.8) is 0 Å². The van der Waals surface area contributed by atoms with E-state index in [-0.39, 0.29) is 5.41 Å². The molecule has 0 saturated heterocycles. The van der Waals surface area contributed by atoms with Gasteiger partial charge in [-0.15, -0.1) is 0 Å². The summed E-state index contributed by atoms with van der Waals surface area (Å²) in [6.07, 6.45) is 17.9. The molecule has 2 heteroatoms. The Morgan fingerprint density at radius 1 is 0.380 bits per heavy atom. The van der Waals surface area contributed by atoms with Gasteiger partial charge in [-0.05, 0) is 135 Å². The highest BCUT2D eigenvalue weighted by Crippen LogP contribution is 2.54. The van der Waals surface area contributed by atoms with Crippen LogP contribution in [0.15, 0.2) is 224 Å². The summed E-state index contributed by atoms with van der Waals surface area (Å²) >= 11 is 0. The van der Waals surface area contributed by atoms with E-state index in [1.165, 1.54) is 117 Å². The predicted molar refractivity (Wildman–Crippen MR) is 302 cm³/mol. The number of para-hydroxylation sites is 3. The van der Waals surface area contributed by atoms with E-state index in [9.17, 15) is 0 Å². The van der Waals surface area contributed by atoms with Gasteiger partial charge in [-0.2, -0.15) is 0 Å². The fourth-order valence-electron chi connectivity index (χ4n) is 12.2. The van der Waals surface area contributed by atoms with Gasteiger partial charge in [0.2, 0.25) is 0 Å². The highest BCUT2D eigenvalue weighted by Gasteiger charge is 2.40. The molecule has 0 unspecified atom stereocenters. The van der Waals surface area contributed by atoms with Gasteiger partial charge in [0.15, 0.2) is 0 Å². The summed E-state index contributed by atoms with van der Waals surface area (Å²) < 4.78 is 0. The molecule has 2 nitrogen and oxygen atoms in total. The van der Waals surface area contributed by atoms with Crippen molar-refractivity contribution in [1.29, 1.82) is 0 Å². The molecule has 0 atom stereocenters. The van der Waals surface area contributed by atoms with E-state index < -0.39 is 0 Å². The molecule has 4 aliphatic rings. The van der Waals surface area contributed by atoms with Crippen molar-refractivity contribution in [2.75, 3.05) is 9.80 Å². The van der Waals surface area contributed by atoms with Gasteiger partial charge in [0, 0.05) is 44.8 Å². The minimum atomic E-state index is -0.0496. The molecule has 9 aromatic rings. The van der Waals surface area contributed by atoms with Crippen molar-refractivity contribution in [2.24, 2.45) is 0 Å². The SMILES string of the molecule is CCC1(CC)c2cc(/C=C/c3ccc(N4C5=C(C=CCC5)c5ccccc5-c5ccccc54)cc3)ccc2-c2ccc(/C=C/c3ccc(N4c5ccccc5-c5ccccc5-c5ccccc54)cc3)cc21. The normalized spacial score (nSPS) is 14.7. The predicted octanol–water partition coefficient (Wildman–Crippen LogP) is 19.1. The highest BCUT2D eigenvalue weighted by atomic mass is 15.2. The van der Waals surface area contributed by atoms with E-state index in [0.717, 1.165) is 31.4 Å². The van der Waals surface area contributed by atoms with Crippen LogP contribution in [0.4, 0.5) is 28.4 Å². The Bertz CT molecular complexity index is 3600. The number of rotatable bonds is 8. The van der Waals surface area contributed by atoms with Crippen molar-refractivity contribution < 1.29 is 0 Å². The molecule has 340 valence electrons. The molecule has 2 heterocycles. The van der Waals surface area contributed by atoms with E-state index in [4.69, 9.17) is 0 Å². The molecule has 9 aromatic carbocycles. The summed E-state index contributed by atoms with van der Waals surface area (Å²) in [4.78, 5) is 4.92. The molecule has 0 N–H and O–H groups in total. The lowest BCUT2D eigenvalue weighted by Crippen LogP contribution is -2.23. The fraction of sp³-hybridized carbons (Fsp3) is 0.101. The first kappa shape index (κ1) is 42.6. The number of nitrogens with zero attached hydrogens (tertiary/aromatic N) is 2. The van der Waals surface area contributed by atoms with Crippen molar-refractivity contribution in [3.05, 3.63) is 263 Å². The smallest absolute Gasteiger partial charge is 0.0540 e. The zero-order valence-corrected chi connectivity index (χ0v) is 40.3. The summed E-state index contributed by atoms with van der Waals surface area (Å²) in [6, 6.07) is 76.5. The van der Waals surface area contributed by atoms with Crippen LogP contribution in [-0.4, -0.2) is 0 Å². The molecule has 2 aliphatic carbocycles. The lowest BCUT2D eigenvalue weighted by Gasteiger charge is -2.30. The molecule has 0 bridgehead atoms. The highest BCUT2D eigenvalue weighted by molar-refractivity contribution is 6.03. The number of hydrogen-bond donors (Lipinski definition) is 0. The number of fused-ring (bicyclic) bond motifs is 12. The Morgan fingerprint density at radius 3 is 1.24 bits per heavy atom. The lowest BCUT2D eigenvalue weighted by molar-refractivity contribution is 0.490. The summed E-state index contributed by atoms with van der Waals surface area (Å²) in [6.45, 7) is 4.72. The molecular formula is C69H54N2. The third-order valence-corrected chi connectivity index (χ3v) is 15.7. The first-order chi connectivity index (χ1) is 35.1. The van der Waals surface area contributed by atoms with E-state index >= 15 is 0 Å². The molecule has 0 amide bonds. The minimum Gasteiger partial charge on any atom is -0.313 e. The second-order valence-electron chi connectivity index (χ2n) is 19.4. The average Bonchev–Trinajstić information content (AvgIpc) is 3.55. The second kappa shape index (κ2) is 17.5. The molecule has 0 spiro atoms. The van der Waals surface area contributed by atoms with E-state index in [0.29, 0.717) is 0 Å². The topological polar surface area (TPSA) is 6.48 Å². The van der Waals surface area contributed by atoms with Gasteiger partial charge in [-0.3, -0.25) is 0 Å². The van der Waals surface area contributed by atoms with E-state index in [1.54, 1.807) is 0 Å².